The van der Waals surface area contributed by atoms with Crippen LogP contribution in [-0.4, -0.2) is 118 Å². The summed E-state index contributed by atoms with van der Waals surface area (Å²) in [5.41, 5.74) is 7.25. The predicted molar refractivity (Wildman–Crippen MR) is 172 cm³/mol. The minimum absolute atomic E-state index is 0.0430. The SMILES string of the molecule is CC(=O)NCc1cc(F)c(NS(=O)(=O)C2CCCC=C2C(=O)OCCOCCOCCOCCOCCOCCOCCN=[N+]=[N-])c(F)c1. The highest BCUT2D eigenvalue weighted by molar-refractivity contribution is 7.93. The van der Waals surface area contributed by atoms with E-state index in [1.807, 2.05) is 4.72 Å². The predicted octanol–water partition coefficient (Wildman–Crippen LogP) is 2.77. The van der Waals surface area contributed by atoms with E-state index in [2.05, 4.69) is 15.3 Å². The van der Waals surface area contributed by atoms with Gasteiger partial charge in [-0.2, -0.15) is 0 Å². The van der Waals surface area contributed by atoms with Crippen molar-refractivity contribution in [2.24, 2.45) is 5.11 Å². The van der Waals surface area contributed by atoms with Crippen molar-refractivity contribution in [1.29, 1.82) is 0 Å². The molecule has 49 heavy (non-hydrogen) atoms. The number of nitrogens with zero attached hydrogens (tertiary/aromatic N) is 3. The molecule has 0 aliphatic heterocycles. The Balaban J connectivity index is 1.55. The Morgan fingerprint density at radius 3 is 1.84 bits per heavy atom. The number of allylic oxidation sites excluding steroid dienone is 1. The van der Waals surface area contributed by atoms with Crippen molar-refractivity contribution < 1.29 is 59.9 Å². The van der Waals surface area contributed by atoms with Crippen LogP contribution in [0.4, 0.5) is 14.5 Å². The lowest BCUT2D eigenvalue weighted by molar-refractivity contribution is -0.141. The molecule has 1 aromatic rings. The van der Waals surface area contributed by atoms with Gasteiger partial charge in [-0.15, -0.1) is 0 Å². The van der Waals surface area contributed by atoms with Crippen LogP contribution in [0.2, 0.25) is 0 Å². The Morgan fingerprint density at radius 1 is 0.857 bits per heavy atom. The van der Waals surface area contributed by atoms with Crippen LogP contribution in [0, 0.1) is 11.6 Å². The topological polar surface area (TPSA) is 206 Å². The number of halogens is 2. The second kappa shape index (κ2) is 24.7. The van der Waals surface area contributed by atoms with Gasteiger partial charge in [0.2, 0.25) is 15.9 Å². The van der Waals surface area contributed by atoms with Gasteiger partial charge in [0.05, 0.1) is 84.9 Å². The van der Waals surface area contributed by atoms with E-state index in [9.17, 15) is 26.8 Å². The molecule has 1 aromatic carbocycles. The lowest BCUT2D eigenvalue weighted by Crippen LogP contribution is -2.35. The number of amides is 1. The summed E-state index contributed by atoms with van der Waals surface area (Å²) in [7, 11) is -4.43. The molecule has 1 aliphatic carbocycles. The third-order valence-electron chi connectivity index (χ3n) is 6.60. The Morgan fingerprint density at radius 2 is 1.35 bits per heavy atom. The maximum atomic E-state index is 14.6. The number of benzene rings is 1. The van der Waals surface area contributed by atoms with Crippen LogP contribution in [0.5, 0.6) is 0 Å². The summed E-state index contributed by atoms with van der Waals surface area (Å²) in [4.78, 5) is 26.4. The second-order valence-electron chi connectivity index (χ2n) is 10.3. The van der Waals surface area contributed by atoms with Crippen molar-refractivity contribution in [2.45, 2.75) is 38.0 Å². The summed E-state index contributed by atoms with van der Waals surface area (Å²) in [5, 5.41) is 4.38. The molecule has 0 saturated carbocycles. The number of ether oxygens (including phenoxy) is 7. The number of esters is 1. The van der Waals surface area contributed by atoms with Gasteiger partial charge in [-0.3, -0.25) is 9.52 Å². The van der Waals surface area contributed by atoms with E-state index in [1.54, 1.807) is 0 Å². The average molecular weight is 722 g/mol. The van der Waals surface area contributed by atoms with E-state index in [1.165, 1.54) is 13.0 Å². The first-order valence-corrected chi connectivity index (χ1v) is 17.3. The highest BCUT2D eigenvalue weighted by atomic mass is 32.2. The molecule has 2 rings (SSSR count). The first kappa shape index (κ1) is 41.7. The summed E-state index contributed by atoms with van der Waals surface area (Å²) in [6.45, 7) is 5.32. The van der Waals surface area contributed by atoms with E-state index in [0.29, 0.717) is 72.3 Å². The lowest BCUT2D eigenvalue weighted by atomic mass is 9.99. The zero-order valence-electron chi connectivity index (χ0n) is 27.5. The first-order valence-electron chi connectivity index (χ1n) is 15.7. The van der Waals surface area contributed by atoms with Crippen molar-refractivity contribution in [1.82, 2.24) is 5.32 Å². The molecule has 0 bridgehead atoms. The number of nitrogens with one attached hydrogen (secondary N) is 2. The minimum Gasteiger partial charge on any atom is -0.460 e. The molecule has 0 heterocycles. The number of hydrogen-bond acceptors (Lipinski definition) is 12. The Hall–Kier alpha value is -3.42. The molecule has 0 saturated heterocycles. The zero-order valence-corrected chi connectivity index (χ0v) is 28.4. The van der Waals surface area contributed by atoms with Crippen LogP contribution in [0.1, 0.15) is 31.7 Å². The van der Waals surface area contributed by atoms with Crippen LogP contribution in [0.3, 0.4) is 0 Å². The quantitative estimate of drug-likeness (QED) is 0.0444. The van der Waals surface area contributed by atoms with Crippen LogP contribution in [0.25, 0.3) is 10.4 Å². The standard InChI is InChI=1S/C30H45F2N5O11S/c1-23(38)34-22-24-20-26(31)29(27(32)21-24)36-49(40,41)28-5-3-2-4-25(28)30(39)48-19-18-47-17-16-46-15-14-45-13-12-44-11-10-43-9-8-42-7-6-35-37-33/h4,20-21,28,36H,2-3,5-19,22H2,1H3,(H,34,38). The summed E-state index contributed by atoms with van der Waals surface area (Å²) >= 11 is 0. The van der Waals surface area contributed by atoms with Gasteiger partial charge in [0.25, 0.3) is 0 Å². The van der Waals surface area contributed by atoms with Crippen molar-refractivity contribution in [3.63, 3.8) is 0 Å². The molecule has 2 N–H and O–H groups in total. The highest BCUT2D eigenvalue weighted by Gasteiger charge is 2.36. The van der Waals surface area contributed by atoms with E-state index in [0.717, 1.165) is 12.1 Å². The van der Waals surface area contributed by atoms with Gasteiger partial charge in [-0.25, -0.2) is 22.0 Å². The summed E-state index contributed by atoms with van der Waals surface area (Å²) in [6.07, 6.45) is 2.39. The molecule has 0 spiro atoms. The Bertz CT molecular complexity index is 1320. The third kappa shape index (κ3) is 17.7. The molecule has 19 heteroatoms. The summed E-state index contributed by atoms with van der Waals surface area (Å²) in [6, 6.07) is 1.83. The van der Waals surface area contributed by atoms with Crippen molar-refractivity contribution in [3.05, 3.63) is 51.4 Å². The molecule has 16 nitrogen and oxygen atoms in total. The number of azide groups is 1. The maximum Gasteiger partial charge on any atom is 0.335 e. The van der Waals surface area contributed by atoms with Gasteiger partial charge in [0.1, 0.15) is 17.5 Å². The normalized spacial score (nSPS) is 14.5. The third-order valence-corrected chi connectivity index (χ3v) is 8.33. The fraction of sp³-hybridized carbons (Fsp3) is 0.667. The molecule has 0 radical (unpaired) electrons. The smallest absolute Gasteiger partial charge is 0.335 e. The number of sulfonamides is 1. The van der Waals surface area contributed by atoms with Gasteiger partial charge in [0, 0.05) is 24.9 Å². The summed E-state index contributed by atoms with van der Waals surface area (Å²) < 4.78 is 94.8. The number of carbonyl (C=O) groups is 2. The molecular formula is C30H45F2N5O11S. The van der Waals surface area contributed by atoms with E-state index < -0.39 is 44.5 Å². The number of hydrogen-bond donors (Lipinski definition) is 2. The van der Waals surface area contributed by atoms with Crippen molar-refractivity contribution in [3.8, 4) is 0 Å². The average Bonchev–Trinajstić information content (AvgIpc) is 3.07. The van der Waals surface area contributed by atoms with E-state index in [-0.39, 0.29) is 57.1 Å². The largest absolute Gasteiger partial charge is 0.460 e. The zero-order chi connectivity index (χ0) is 35.7. The second-order valence-corrected chi connectivity index (χ2v) is 12.2. The highest BCUT2D eigenvalue weighted by Crippen LogP contribution is 2.29. The van der Waals surface area contributed by atoms with Gasteiger partial charge in [-0.05, 0) is 42.5 Å². The summed E-state index contributed by atoms with van der Waals surface area (Å²) in [5.74, 6) is -3.58. The monoisotopic (exact) mass is 721 g/mol. The fourth-order valence-corrected chi connectivity index (χ4v) is 5.90. The number of anilines is 1. The van der Waals surface area contributed by atoms with Gasteiger partial charge in [0.15, 0.2) is 11.6 Å². The molecule has 1 unspecified atom stereocenters. The molecular weight excluding hydrogens is 676 g/mol. The first-order chi connectivity index (χ1) is 23.7. The van der Waals surface area contributed by atoms with Crippen LogP contribution in [0.15, 0.2) is 28.9 Å². The van der Waals surface area contributed by atoms with E-state index >= 15 is 0 Å². The van der Waals surface area contributed by atoms with Gasteiger partial charge >= 0.3 is 5.97 Å². The number of rotatable bonds is 27. The fourth-order valence-electron chi connectivity index (χ4n) is 4.28. The molecule has 0 fully saturated rings. The Kier molecular flexibility index (Phi) is 21.0. The van der Waals surface area contributed by atoms with Crippen LogP contribution >= 0.6 is 0 Å². The lowest BCUT2D eigenvalue weighted by Gasteiger charge is -2.24. The van der Waals surface area contributed by atoms with E-state index in [4.69, 9.17) is 38.7 Å². The maximum absolute atomic E-state index is 14.6. The van der Waals surface area contributed by atoms with Gasteiger partial charge < -0.3 is 38.5 Å². The number of carbonyl (C=O) groups excluding carboxylic acids is 2. The van der Waals surface area contributed by atoms with Crippen molar-refractivity contribution >= 4 is 27.6 Å². The molecule has 1 aliphatic rings. The minimum atomic E-state index is -4.43. The Labute approximate surface area is 284 Å². The molecule has 1 atom stereocenters. The van der Waals surface area contributed by atoms with Crippen LogP contribution < -0.4 is 10.0 Å². The van der Waals surface area contributed by atoms with Crippen molar-refractivity contribution in [2.75, 3.05) is 97.2 Å². The molecule has 276 valence electrons. The van der Waals surface area contributed by atoms with Crippen LogP contribution in [-0.2, 0) is 59.3 Å². The van der Waals surface area contributed by atoms with Gasteiger partial charge in [-0.1, -0.05) is 11.2 Å². The molecule has 0 aromatic heterocycles. The molecule has 1 amide bonds.